The lowest BCUT2D eigenvalue weighted by molar-refractivity contribution is 0.0552. The summed E-state index contributed by atoms with van der Waals surface area (Å²) in [5.41, 5.74) is 1.36. The van der Waals surface area contributed by atoms with Crippen molar-refractivity contribution < 1.29 is 9.32 Å². The van der Waals surface area contributed by atoms with Crippen molar-refractivity contribution in [2.75, 3.05) is 26.2 Å². The lowest BCUT2D eigenvalue weighted by atomic mass is 10.1. The second-order valence-electron chi connectivity index (χ2n) is 6.95. The second kappa shape index (κ2) is 8.53. The Hall–Kier alpha value is -2.41. The molecule has 8 heteroatoms. The average Bonchev–Trinajstić information content (AvgIpc) is 3.25. The predicted octanol–water partition coefficient (Wildman–Crippen LogP) is 4.56. The van der Waals surface area contributed by atoms with Gasteiger partial charge >= 0.3 is 0 Å². The zero-order chi connectivity index (χ0) is 20.4. The molecule has 0 bridgehead atoms. The van der Waals surface area contributed by atoms with Crippen molar-refractivity contribution in [2.24, 2.45) is 0 Å². The summed E-state index contributed by atoms with van der Waals surface area (Å²) < 4.78 is 5.49. The maximum absolute atomic E-state index is 12.8. The molecule has 29 heavy (non-hydrogen) atoms. The molecule has 2 heterocycles. The van der Waals surface area contributed by atoms with E-state index in [4.69, 9.17) is 27.7 Å². The molecule has 1 atom stereocenters. The van der Waals surface area contributed by atoms with Crippen LogP contribution in [0.5, 0.6) is 0 Å². The summed E-state index contributed by atoms with van der Waals surface area (Å²) >= 11 is 12.2. The first-order valence-electron chi connectivity index (χ1n) is 9.40. The molecule has 1 aliphatic rings. The Balaban J connectivity index is 1.40. The Morgan fingerprint density at radius 1 is 1.07 bits per heavy atom. The summed E-state index contributed by atoms with van der Waals surface area (Å²) in [7, 11) is 0. The fraction of sp³-hybridized carbons (Fsp3) is 0.286. The van der Waals surface area contributed by atoms with E-state index in [2.05, 4.69) is 15.0 Å². The van der Waals surface area contributed by atoms with Crippen LogP contribution in [0.1, 0.15) is 29.2 Å². The highest BCUT2D eigenvalue weighted by Gasteiger charge is 2.29. The molecule has 3 aromatic rings. The molecule has 0 radical (unpaired) electrons. The largest absolute Gasteiger partial charge is 0.337 e. The van der Waals surface area contributed by atoms with Crippen LogP contribution in [0.4, 0.5) is 0 Å². The van der Waals surface area contributed by atoms with Crippen LogP contribution < -0.4 is 0 Å². The van der Waals surface area contributed by atoms with Gasteiger partial charge in [-0.25, -0.2) is 0 Å². The van der Waals surface area contributed by atoms with Crippen LogP contribution in [0.3, 0.4) is 0 Å². The number of piperazine rings is 1. The molecular formula is C21H20Cl2N4O2. The topological polar surface area (TPSA) is 62.5 Å². The Kier molecular flexibility index (Phi) is 5.85. The molecule has 2 aromatic carbocycles. The fourth-order valence-electron chi connectivity index (χ4n) is 3.41. The first-order valence-corrected chi connectivity index (χ1v) is 10.2. The molecule has 6 nitrogen and oxygen atoms in total. The molecule has 0 unspecified atom stereocenters. The number of hydrogen-bond acceptors (Lipinski definition) is 5. The highest BCUT2D eigenvalue weighted by Crippen LogP contribution is 2.26. The third-order valence-electron chi connectivity index (χ3n) is 5.14. The second-order valence-corrected chi connectivity index (χ2v) is 7.79. The van der Waals surface area contributed by atoms with Crippen molar-refractivity contribution in [1.82, 2.24) is 19.9 Å². The molecule has 1 aromatic heterocycles. The summed E-state index contributed by atoms with van der Waals surface area (Å²) in [5.74, 6) is 1.05. The molecule has 150 valence electrons. The van der Waals surface area contributed by atoms with E-state index in [1.807, 2.05) is 37.3 Å². The zero-order valence-electron chi connectivity index (χ0n) is 15.9. The first kappa shape index (κ1) is 19.9. The molecular weight excluding hydrogens is 411 g/mol. The van der Waals surface area contributed by atoms with Crippen molar-refractivity contribution in [3.8, 4) is 11.4 Å². The van der Waals surface area contributed by atoms with Gasteiger partial charge in [0.25, 0.3) is 5.91 Å². The van der Waals surface area contributed by atoms with Gasteiger partial charge in [-0.1, -0.05) is 58.7 Å². The third-order valence-corrected chi connectivity index (χ3v) is 5.70. The van der Waals surface area contributed by atoms with Gasteiger partial charge in [-0.3, -0.25) is 9.69 Å². The summed E-state index contributed by atoms with van der Waals surface area (Å²) in [4.78, 5) is 21.4. The van der Waals surface area contributed by atoms with Gasteiger partial charge < -0.3 is 9.42 Å². The summed E-state index contributed by atoms with van der Waals surface area (Å²) in [6.45, 7) is 4.62. The van der Waals surface area contributed by atoms with E-state index >= 15 is 0 Å². The van der Waals surface area contributed by atoms with Gasteiger partial charge in [0, 0.05) is 36.8 Å². The highest BCUT2D eigenvalue weighted by atomic mass is 35.5. The van der Waals surface area contributed by atoms with Gasteiger partial charge in [0.05, 0.1) is 16.6 Å². The summed E-state index contributed by atoms with van der Waals surface area (Å²) in [5, 5.41) is 5.01. The number of halogens is 2. The van der Waals surface area contributed by atoms with E-state index in [9.17, 15) is 4.79 Å². The van der Waals surface area contributed by atoms with Crippen molar-refractivity contribution in [2.45, 2.75) is 13.0 Å². The number of amides is 1. The molecule has 4 rings (SSSR count). The smallest absolute Gasteiger partial charge is 0.255 e. The zero-order valence-corrected chi connectivity index (χ0v) is 17.4. The quantitative estimate of drug-likeness (QED) is 0.606. The lowest BCUT2D eigenvalue weighted by Gasteiger charge is -2.37. The van der Waals surface area contributed by atoms with Gasteiger partial charge in [-0.15, -0.1) is 0 Å². The minimum absolute atomic E-state index is 0.0352. The van der Waals surface area contributed by atoms with E-state index in [-0.39, 0.29) is 11.9 Å². The van der Waals surface area contributed by atoms with Crippen LogP contribution in [0, 0.1) is 0 Å². The molecule has 1 fully saturated rings. The van der Waals surface area contributed by atoms with E-state index < -0.39 is 0 Å². The van der Waals surface area contributed by atoms with Crippen LogP contribution in [0.25, 0.3) is 11.4 Å². The van der Waals surface area contributed by atoms with Crippen LogP contribution in [0.2, 0.25) is 10.0 Å². The number of benzene rings is 2. The molecule has 1 aliphatic heterocycles. The van der Waals surface area contributed by atoms with Gasteiger partial charge in [-0.2, -0.15) is 4.98 Å². The van der Waals surface area contributed by atoms with Gasteiger partial charge in [0.2, 0.25) is 11.7 Å². The fourth-order valence-corrected chi connectivity index (χ4v) is 3.78. The maximum Gasteiger partial charge on any atom is 0.255 e. The van der Waals surface area contributed by atoms with E-state index in [1.54, 1.807) is 23.1 Å². The number of carbonyl (C=O) groups is 1. The SMILES string of the molecule is C[C@@H](c1nc(-c2ccccc2)no1)N1CCN(C(=O)c2cc(Cl)ccc2Cl)CC1. The third kappa shape index (κ3) is 4.29. The van der Waals surface area contributed by atoms with E-state index in [1.165, 1.54) is 0 Å². The number of nitrogens with zero attached hydrogens (tertiary/aromatic N) is 4. The maximum atomic E-state index is 12.8. The Bertz CT molecular complexity index is 1000. The van der Waals surface area contributed by atoms with E-state index in [0.29, 0.717) is 53.5 Å². The standard InChI is InChI=1S/C21H20Cl2N4O2/c1-14(20-24-19(25-29-20)15-5-3-2-4-6-15)26-9-11-27(12-10-26)21(28)17-13-16(22)7-8-18(17)23/h2-8,13-14H,9-12H2,1H3/t14-/m0/s1. The Morgan fingerprint density at radius 2 is 1.79 bits per heavy atom. The summed E-state index contributed by atoms with van der Waals surface area (Å²) in [6, 6.07) is 14.6. The van der Waals surface area contributed by atoms with Crippen molar-refractivity contribution >= 4 is 29.1 Å². The van der Waals surface area contributed by atoms with Crippen LogP contribution in [-0.4, -0.2) is 52.0 Å². The molecule has 0 aliphatic carbocycles. The number of carbonyl (C=O) groups excluding carboxylic acids is 1. The van der Waals surface area contributed by atoms with Crippen molar-refractivity contribution in [1.29, 1.82) is 0 Å². The minimum atomic E-state index is -0.103. The Morgan fingerprint density at radius 3 is 2.52 bits per heavy atom. The van der Waals surface area contributed by atoms with Gasteiger partial charge in [0.1, 0.15) is 0 Å². The number of hydrogen-bond donors (Lipinski definition) is 0. The number of aromatic nitrogens is 2. The van der Waals surface area contributed by atoms with Crippen molar-refractivity contribution in [3.63, 3.8) is 0 Å². The monoisotopic (exact) mass is 430 g/mol. The van der Waals surface area contributed by atoms with Gasteiger partial charge in [0.15, 0.2) is 0 Å². The number of rotatable bonds is 4. The van der Waals surface area contributed by atoms with Crippen molar-refractivity contribution in [3.05, 3.63) is 70.0 Å². The molecule has 1 amide bonds. The van der Waals surface area contributed by atoms with Crippen LogP contribution in [-0.2, 0) is 0 Å². The molecule has 1 saturated heterocycles. The molecule has 0 spiro atoms. The first-order chi connectivity index (χ1) is 14.0. The minimum Gasteiger partial charge on any atom is -0.337 e. The van der Waals surface area contributed by atoms with Crippen LogP contribution in [0.15, 0.2) is 53.1 Å². The Labute approximate surface area is 179 Å². The van der Waals surface area contributed by atoms with Crippen LogP contribution >= 0.6 is 23.2 Å². The van der Waals surface area contributed by atoms with Gasteiger partial charge in [-0.05, 0) is 25.1 Å². The predicted molar refractivity (Wildman–Crippen MR) is 112 cm³/mol. The highest BCUT2D eigenvalue weighted by molar-refractivity contribution is 6.35. The summed E-state index contributed by atoms with van der Waals surface area (Å²) in [6.07, 6.45) is 0. The average molecular weight is 431 g/mol. The molecule has 0 saturated carbocycles. The van der Waals surface area contributed by atoms with E-state index in [0.717, 1.165) is 5.56 Å². The molecule has 0 N–H and O–H groups in total. The normalized spacial score (nSPS) is 16.0. The lowest BCUT2D eigenvalue weighted by Crippen LogP contribution is -2.49.